The molecular formula is C18H23N3O4S. The van der Waals surface area contributed by atoms with Crippen molar-refractivity contribution in [2.24, 2.45) is 0 Å². The topological polar surface area (TPSA) is 77.7 Å². The fourth-order valence-electron chi connectivity index (χ4n) is 2.84. The number of aromatic nitrogens is 2. The van der Waals surface area contributed by atoms with Gasteiger partial charge in [-0.05, 0) is 45.0 Å². The smallest absolute Gasteiger partial charge is 0.277 e. The number of amides is 1. The molecule has 0 aliphatic carbocycles. The Bertz CT molecular complexity index is 724. The van der Waals surface area contributed by atoms with E-state index < -0.39 is 0 Å². The van der Waals surface area contributed by atoms with Crippen LogP contribution < -0.4 is 4.74 Å². The molecule has 1 fully saturated rings. The van der Waals surface area contributed by atoms with E-state index in [0.717, 1.165) is 11.3 Å². The summed E-state index contributed by atoms with van der Waals surface area (Å²) >= 11 is 1.25. The molecule has 1 aliphatic heterocycles. The molecule has 0 spiro atoms. The number of nitrogens with zero attached hydrogens (tertiary/aromatic N) is 3. The average molecular weight is 377 g/mol. The summed E-state index contributed by atoms with van der Waals surface area (Å²) < 4.78 is 16.7. The van der Waals surface area contributed by atoms with Gasteiger partial charge in [-0.1, -0.05) is 11.8 Å². The highest BCUT2D eigenvalue weighted by Crippen LogP contribution is 2.25. The van der Waals surface area contributed by atoms with Crippen molar-refractivity contribution in [3.05, 3.63) is 24.3 Å². The van der Waals surface area contributed by atoms with Crippen LogP contribution in [-0.2, 0) is 9.53 Å². The number of rotatable bonds is 6. The molecule has 0 bridgehead atoms. The minimum Gasteiger partial charge on any atom is -0.494 e. The van der Waals surface area contributed by atoms with Crippen LogP contribution in [0.1, 0.15) is 20.8 Å². The largest absolute Gasteiger partial charge is 0.494 e. The Labute approximate surface area is 157 Å². The Kier molecular flexibility index (Phi) is 6.16. The van der Waals surface area contributed by atoms with Crippen LogP contribution in [0.2, 0.25) is 0 Å². The number of benzene rings is 1. The molecule has 26 heavy (non-hydrogen) atoms. The van der Waals surface area contributed by atoms with Crippen molar-refractivity contribution in [3.63, 3.8) is 0 Å². The van der Waals surface area contributed by atoms with Crippen LogP contribution >= 0.6 is 11.8 Å². The summed E-state index contributed by atoms with van der Waals surface area (Å²) in [4.78, 5) is 14.2. The molecule has 0 radical (unpaired) electrons. The molecule has 1 amide bonds. The summed E-state index contributed by atoms with van der Waals surface area (Å²) in [7, 11) is 0. The number of carbonyl (C=O) groups is 1. The average Bonchev–Trinajstić information content (AvgIpc) is 3.09. The van der Waals surface area contributed by atoms with Crippen LogP contribution in [0.3, 0.4) is 0 Å². The minimum absolute atomic E-state index is 0.0535. The third kappa shape index (κ3) is 4.76. The van der Waals surface area contributed by atoms with Gasteiger partial charge in [0.15, 0.2) is 0 Å². The molecule has 1 aromatic heterocycles. The molecule has 8 heteroatoms. The molecule has 2 aromatic rings. The summed E-state index contributed by atoms with van der Waals surface area (Å²) in [6.45, 7) is 7.74. The summed E-state index contributed by atoms with van der Waals surface area (Å²) in [6, 6.07) is 7.46. The Hall–Kier alpha value is -2.06. The van der Waals surface area contributed by atoms with Crippen molar-refractivity contribution in [2.45, 2.75) is 38.2 Å². The number of ether oxygens (including phenoxy) is 2. The van der Waals surface area contributed by atoms with E-state index in [1.165, 1.54) is 11.8 Å². The maximum Gasteiger partial charge on any atom is 0.277 e. The third-order valence-electron chi connectivity index (χ3n) is 3.91. The van der Waals surface area contributed by atoms with Crippen LogP contribution in [0.15, 0.2) is 33.9 Å². The van der Waals surface area contributed by atoms with Gasteiger partial charge < -0.3 is 18.8 Å². The fraction of sp³-hybridized carbons (Fsp3) is 0.500. The molecule has 2 heterocycles. The second kappa shape index (κ2) is 8.55. The molecule has 2 atom stereocenters. The van der Waals surface area contributed by atoms with Gasteiger partial charge in [-0.15, -0.1) is 10.2 Å². The van der Waals surface area contributed by atoms with Crippen LogP contribution in [-0.4, -0.2) is 58.7 Å². The maximum atomic E-state index is 12.4. The first-order valence-corrected chi connectivity index (χ1v) is 9.66. The van der Waals surface area contributed by atoms with E-state index in [2.05, 4.69) is 10.2 Å². The molecule has 140 valence electrons. The second-order valence-corrected chi connectivity index (χ2v) is 7.10. The van der Waals surface area contributed by atoms with Gasteiger partial charge in [0, 0.05) is 18.7 Å². The highest BCUT2D eigenvalue weighted by molar-refractivity contribution is 7.99. The number of hydrogen-bond acceptors (Lipinski definition) is 7. The van der Waals surface area contributed by atoms with E-state index in [-0.39, 0.29) is 23.9 Å². The van der Waals surface area contributed by atoms with Crippen molar-refractivity contribution < 1.29 is 18.7 Å². The third-order valence-corrected chi connectivity index (χ3v) is 4.71. The zero-order valence-electron chi connectivity index (χ0n) is 15.2. The Morgan fingerprint density at radius 1 is 1.23 bits per heavy atom. The monoisotopic (exact) mass is 377 g/mol. The van der Waals surface area contributed by atoms with E-state index in [4.69, 9.17) is 13.9 Å². The van der Waals surface area contributed by atoms with Crippen molar-refractivity contribution in [1.82, 2.24) is 15.1 Å². The zero-order valence-corrected chi connectivity index (χ0v) is 16.0. The van der Waals surface area contributed by atoms with Gasteiger partial charge in [-0.25, -0.2) is 0 Å². The first-order chi connectivity index (χ1) is 12.5. The molecule has 1 saturated heterocycles. The first-order valence-electron chi connectivity index (χ1n) is 8.68. The van der Waals surface area contributed by atoms with Crippen LogP contribution in [0, 0.1) is 0 Å². The maximum absolute atomic E-state index is 12.4. The van der Waals surface area contributed by atoms with Crippen molar-refractivity contribution in [1.29, 1.82) is 0 Å². The molecule has 3 rings (SSSR count). The van der Waals surface area contributed by atoms with Gasteiger partial charge >= 0.3 is 0 Å². The molecule has 7 nitrogen and oxygen atoms in total. The van der Waals surface area contributed by atoms with Crippen LogP contribution in [0.25, 0.3) is 11.5 Å². The lowest BCUT2D eigenvalue weighted by Gasteiger charge is -2.35. The highest BCUT2D eigenvalue weighted by atomic mass is 32.2. The van der Waals surface area contributed by atoms with Crippen molar-refractivity contribution in [3.8, 4) is 17.2 Å². The van der Waals surface area contributed by atoms with Gasteiger partial charge in [0.2, 0.25) is 11.8 Å². The minimum atomic E-state index is 0.0535. The van der Waals surface area contributed by atoms with Gasteiger partial charge in [0.1, 0.15) is 5.75 Å². The first kappa shape index (κ1) is 18.7. The Balaban J connectivity index is 1.55. The van der Waals surface area contributed by atoms with Crippen molar-refractivity contribution >= 4 is 17.7 Å². The summed E-state index contributed by atoms with van der Waals surface area (Å²) in [6.07, 6.45) is 0.115. The quantitative estimate of drug-likeness (QED) is 0.716. The number of thioether (sulfide) groups is 1. The van der Waals surface area contributed by atoms with Crippen molar-refractivity contribution in [2.75, 3.05) is 25.4 Å². The lowest BCUT2D eigenvalue weighted by atomic mass is 10.2. The lowest BCUT2D eigenvalue weighted by Crippen LogP contribution is -2.48. The SMILES string of the molecule is CCOc1ccc(-c2nnc(SCC(=O)N3C[C@@H](C)O[C@H](C)C3)o2)cc1. The standard InChI is InChI=1S/C18H23N3O4S/c1-4-23-15-7-5-14(6-8-15)17-19-20-18(25-17)26-11-16(22)21-9-12(2)24-13(3)10-21/h5-8,12-13H,4,9-11H2,1-3H3/t12-,13-/m1/s1. The second-order valence-electron chi connectivity index (χ2n) is 6.18. The zero-order chi connectivity index (χ0) is 18.5. The predicted octanol–water partition coefficient (Wildman–Crippen LogP) is 2.86. The van der Waals surface area contributed by atoms with Crippen LogP contribution in [0.5, 0.6) is 5.75 Å². The molecule has 0 N–H and O–H groups in total. The predicted molar refractivity (Wildman–Crippen MR) is 98.2 cm³/mol. The Morgan fingerprint density at radius 3 is 2.58 bits per heavy atom. The van der Waals surface area contributed by atoms with Crippen LogP contribution in [0.4, 0.5) is 0 Å². The molecule has 0 unspecified atom stereocenters. The van der Waals surface area contributed by atoms with Gasteiger partial charge in [0.25, 0.3) is 5.22 Å². The van der Waals surface area contributed by atoms with E-state index in [9.17, 15) is 4.79 Å². The molecule has 1 aliphatic rings. The fourth-order valence-corrected chi connectivity index (χ4v) is 3.51. The number of hydrogen-bond donors (Lipinski definition) is 0. The van der Waals surface area contributed by atoms with E-state index in [1.807, 2.05) is 49.9 Å². The molecular weight excluding hydrogens is 354 g/mol. The van der Waals surface area contributed by atoms with Gasteiger partial charge in [0.05, 0.1) is 24.6 Å². The molecule has 1 aromatic carbocycles. The van der Waals surface area contributed by atoms with Gasteiger partial charge in [-0.3, -0.25) is 4.79 Å². The normalized spacial score (nSPS) is 20.2. The van der Waals surface area contributed by atoms with E-state index >= 15 is 0 Å². The van der Waals surface area contributed by atoms with E-state index in [1.54, 1.807) is 0 Å². The summed E-state index contributed by atoms with van der Waals surface area (Å²) in [5.74, 6) is 1.55. The Morgan fingerprint density at radius 2 is 1.92 bits per heavy atom. The molecule has 0 saturated carbocycles. The number of morpholine rings is 1. The lowest BCUT2D eigenvalue weighted by molar-refractivity contribution is -0.140. The highest BCUT2D eigenvalue weighted by Gasteiger charge is 2.26. The number of carbonyl (C=O) groups excluding carboxylic acids is 1. The summed E-state index contributed by atoms with van der Waals surface area (Å²) in [5, 5.41) is 8.46. The summed E-state index contributed by atoms with van der Waals surface area (Å²) in [5.41, 5.74) is 0.815. The van der Waals surface area contributed by atoms with E-state index in [0.29, 0.717) is 30.8 Å². The van der Waals surface area contributed by atoms with Gasteiger partial charge in [-0.2, -0.15) is 0 Å².